The summed E-state index contributed by atoms with van der Waals surface area (Å²) >= 11 is 5.13. The summed E-state index contributed by atoms with van der Waals surface area (Å²) in [5, 5.41) is 5.17. The molecule has 0 amide bonds. The maximum atomic E-state index is 5.39. The first-order valence-corrected chi connectivity index (χ1v) is 7.60. The molecule has 0 saturated carbocycles. The number of nitrogens with one attached hydrogen (secondary N) is 2. The number of hydrogen-bond acceptors (Lipinski definition) is 8. The number of anilines is 2. The smallest absolute Gasteiger partial charge is 0.243 e. The topological polar surface area (TPSA) is 107 Å². The molecule has 0 aliphatic rings. The Bertz CT molecular complexity index is 726. The van der Waals surface area contributed by atoms with E-state index in [1.807, 2.05) is 11.4 Å². The summed E-state index contributed by atoms with van der Waals surface area (Å²) in [6.07, 6.45) is 5.00. The third-order valence-corrected chi connectivity index (χ3v) is 4.51. The predicted octanol–water partition coefficient (Wildman–Crippen LogP) is 1.78. The van der Waals surface area contributed by atoms with E-state index in [4.69, 9.17) is 5.84 Å². The van der Waals surface area contributed by atoms with Crippen LogP contribution >= 0.6 is 27.3 Å². The van der Waals surface area contributed by atoms with Crippen LogP contribution in [0.25, 0.3) is 5.95 Å². The maximum absolute atomic E-state index is 5.39. The average Bonchev–Trinajstić information content (AvgIpc) is 3.16. The van der Waals surface area contributed by atoms with E-state index in [9.17, 15) is 0 Å². The Morgan fingerprint density at radius 1 is 1.29 bits per heavy atom. The number of halogens is 1. The standard InChI is InChI=1S/C11H11BrN8S/c12-7-1-4-21-8(7)5-15-9-16-10(19-13)18-11(17-9)20-3-2-14-6-20/h1-4,6H,5,13H2,(H2,15,16,17,18,19). The zero-order valence-corrected chi connectivity index (χ0v) is 13.1. The van der Waals surface area contributed by atoms with E-state index >= 15 is 0 Å². The molecule has 0 fully saturated rings. The number of imidazole rings is 1. The van der Waals surface area contributed by atoms with Gasteiger partial charge in [0.1, 0.15) is 6.33 Å². The third kappa shape index (κ3) is 3.17. The first-order chi connectivity index (χ1) is 10.3. The summed E-state index contributed by atoms with van der Waals surface area (Å²) in [6.45, 7) is 0.607. The van der Waals surface area contributed by atoms with E-state index in [2.05, 4.69) is 46.6 Å². The summed E-state index contributed by atoms with van der Waals surface area (Å²) in [4.78, 5) is 17.8. The van der Waals surface area contributed by atoms with Crippen LogP contribution in [-0.4, -0.2) is 24.5 Å². The lowest BCUT2D eigenvalue weighted by Gasteiger charge is -2.08. The quantitative estimate of drug-likeness (QED) is 0.466. The van der Waals surface area contributed by atoms with Gasteiger partial charge in [-0.1, -0.05) is 0 Å². The molecule has 0 saturated heterocycles. The molecule has 4 N–H and O–H groups in total. The van der Waals surface area contributed by atoms with Crippen LogP contribution in [0.3, 0.4) is 0 Å². The second kappa shape index (κ2) is 6.16. The summed E-state index contributed by atoms with van der Waals surface area (Å²) in [5.74, 6) is 6.54. The third-order valence-electron chi connectivity index (χ3n) is 2.59. The van der Waals surface area contributed by atoms with Crippen molar-refractivity contribution >= 4 is 39.2 Å². The van der Waals surface area contributed by atoms with Gasteiger partial charge in [0.05, 0.1) is 6.54 Å². The molecule has 10 heteroatoms. The largest absolute Gasteiger partial charge is 0.349 e. The molecule has 0 spiro atoms. The van der Waals surface area contributed by atoms with Crippen molar-refractivity contribution in [1.82, 2.24) is 24.5 Å². The Kier molecular flexibility index (Phi) is 4.08. The van der Waals surface area contributed by atoms with Gasteiger partial charge < -0.3 is 5.32 Å². The summed E-state index contributed by atoms with van der Waals surface area (Å²) in [5.41, 5.74) is 2.43. The summed E-state index contributed by atoms with van der Waals surface area (Å²) in [7, 11) is 0. The lowest BCUT2D eigenvalue weighted by molar-refractivity contribution is 0.889. The van der Waals surface area contributed by atoms with Gasteiger partial charge in [-0.25, -0.2) is 10.8 Å². The van der Waals surface area contributed by atoms with Crippen molar-refractivity contribution in [2.45, 2.75) is 6.54 Å². The van der Waals surface area contributed by atoms with Crippen LogP contribution in [-0.2, 0) is 6.54 Å². The fraction of sp³-hybridized carbons (Fsp3) is 0.0909. The van der Waals surface area contributed by atoms with Gasteiger partial charge in [-0.05, 0) is 27.4 Å². The van der Waals surface area contributed by atoms with Crippen molar-refractivity contribution in [2.24, 2.45) is 5.84 Å². The van der Waals surface area contributed by atoms with E-state index < -0.39 is 0 Å². The van der Waals surface area contributed by atoms with Crippen LogP contribution in [0.15, 0.2) is 34.6 Å². The molecule has 3 aromatic heterocycles. The van der Waals surface area contributed by atoms with Gasteiger partial charge in [0.15, 0.2) is 0 Å². The van der Waals surface area contributed by atoms with Gasteiger partial charge in [-0.15, -0.1) is 11.3 Å². The SMILES string of the molecule is NNc1nc(NCc2sccc2Br)nc(-n2ccnc2)n1. The molecule has 0 bridgehead atoms. The highest BCUT2D eigenvalue weighted by Gasteiger charge is 2.08. The Morgan fingerprint density at radius 3 is 2.81 bits per heavy atom. The molecule has 3 heterocycles. The fourth-order valence-electron chi connectivity index (χ4n) is 1.61. The second-order valence-corrected chi connectivity index (χ2v) is 5.80. The first kappa shape index (κ1) is 13.9. The van der Waals surface area contributed by atoms with Crippen molar-refractivity contribution in [3.63, 3.8) is 0 Å². The summed E-state index contributed by atoms with van der Waals surface area (Å²) < 4.78 is 2.73. The van der Waals surface area contributed by atoms with Gasteiger partial charge in [0.2, 0.25) is 17.8 Å². The number of nitrogen functional groups attached to an aromatic ring is 1. The van der Waals surface area contributed by atoms with Crippen molar-refractivity contribution in [2.75, 3.05) is 10.7 Å². The van der Waals surface area contributed by atoms with Crippen molar-refractivity contribution in [1.29, 1.82) is 0 Å². The molecular formula is C11H11BrN8S. The molecule has 0 aliphatic heterocycles. The number of nitrogens with two attached hydrogens (primary N) is 1. The Hall–Kier alpha value is -2.04. The van der Waals surface area contributed by atoms with Gasteiger partial charge in [-0.2, -0.15) is 15.0 Å². The van der Waals surface area contributed by atoms with E-state index in [0.717, 1.165) is 9.35 Å². The lowest BCUT2D eigenvalue weighted by Crippen LogP contribution is -2.15. The zero-order valence-electron chi connectivity index (χ0n) is 10.7. The van der Waals surface area contributed by atoms with Crippen LogP contribution < -0.4 is 16.6 Å². The number of nitrogens with zero attached hydrogens (tertiary/aromatic N) is 5. The minimum atomic E-state index is 0.279. The Balaban J connectivity index is 1.84. The number of hydrogen-bond donors (Lipinski definition) is 3. The molecule has 108 valence electrons. The zero-order chi connectivity index (χ0) is 14.7. The molecule has 3 aromatic rings. The van der Waals surface area contributed by atoms with Gasteiger partial charge in [0.25, 0.3) is 0 Å². The highest BCUT2D eigenvalue weighted by molar-refractivity contribution is 9.10. The molecule has 0 aliphatic carbocycles. The van der Waals surface area contributed by atoms with Crippen molar-refractivity contribution in [3.05, 3.63) is 39.5 Å². The van der Waals surface area contributed by atoms with Crippen LogP contribution in [0.4, 0.5) is 11.9 Å². The van der Waals surface area contributed by atoms with E-state index in [1.54, 1.807) is 34.6 Å². The number of rotatable bonds is 5. The average molecular weight is 367 g/mol. The monoisotopic (exact) mass is 366 g/mol. The highest BCUT2D eigenvalue weighted by Crippen LogP contribution is 2.23. The van der Waals surface area contributed by atoms with Crippen LogP contribution in [0.5, 0.6) is 0 Å². The van der Waals surface area contributed by atoms with E-state index in [0.29, 0.717) is 18.4 Å². The molecule has 0 radical (unpaired) electrons. The van der Waals surface area contributed by atoms with Crippen LogP contribution in [0, 0.1) is 0 Å². The molecule has 8 nitrogen and oxygen atoms in total. The maximum Gasteiger partial charge on any atom is 0.243 e. The number of hydrazine groups is 1. The number of aromatic nitrogens is 5. The molecule has 0 unspecified atom stereocenters. The lowest BCUT2D eigenvalue weighted by atomic mass is 10.5. The van der Waals surface area contributed by atoms with Crippen LogP contribution in [0.2, 0.25) is 0 Å². The van der Waals surface area contributed by atoms with Gasteiger partial charge in [0, 0.05) is 21.7 Å². The molecular weight excluding hydrogens is 356 g/mol. The predicted molar refractivity (Wildman–Crippen MR) is 84.1 cm³/mol. The molecule has 21 heavy (non-hydrogen) atoms. The minimum absolute atomic E-state index is 0.279. The molecule has 3 rings (SSSR count). The fourth-order valence-corrected chi connectivity index (χ4v) is 3.04. The number of thiophene rings is 1. The Labute approximate surface area is 132 Å². The first-order valence-electron chi connectivity index (χ1n) is 5.93. The Morgan fingerprint density at radius 2 is 2.14 bits per heavy atom. The second-order valence-electron chi connectivity index (χ2n) is 3.94. The highest BCUT2D eigenvalue weighted by atomic mass is 79.9. The van der Waals surface area contributed by atoms with Gasteiger partial charge >= 0.3 is 0 Å². The van der Waals surface area contributed by atoms with E-state index in [1.165, 1.54) is 0 Å². The van der Waals surface area contributed by atoms with Crippen molar-refractivity contribution < 1.29 is 0 Å². The molecule has 0 aromatic carbocycles. The van der Waals surface area contributed by atoms with E-state index in [-0.39, 0.29) is 5.95 Å². The minimum Gasteiger partial charge on any atom is -0.349 e. The molecule has 0 atom stereocenters. The van der Waals surface area contributed by atoms with Gasteiger partial charge in [-0.3, -0.25) is 9.99 Å². The van der Waals surface area contributed by atoms with Crippen molar-refractivity contribution in [3.8, 4) is 5.95 Å². The normalized spacial score (nSPS) is 10.6. The van der Waals surface area contributed by atoms with Crippen LogP contribution in [0.1, 0.15) is 4.88 Å². The summed E-state index contributed by atoms with van der Waals surface area (Å²) in [6, 6.07) is 2.00.